The molecule has 0 spiro atoms. The van der Waals surface area contributed by atoms with E-state index in [2.05, 4.69) is 0 Å². The topological polar surface area (TPSA) is 57.5 Å². The van der Waals surface area contributed by atoms with Gasteiger partial charge >= 0.3 is 0 Å². The molecule has 1 rings (SSSR count). The highest BCUT2D eigenvalue weighted by molar-refractivity contribution is 14.1. The third-order valence-corrected chi connectivity index (χ3v) is 4.75. The van der Waals surface area contributed by atoms with Crippen LogP contribution < -0.4 is 0 Å². The minimum absolute atomic E-state index is 0.0330. The number of Topliss-reactive ketones (excluding diaryl/α,β-unsaturated/α-hetero) is 1. The van der Waals surface area contributed by atoms with Gasteiger partial charge in [0.15, 0.2) is 5.78 Å². The first kappa shape index (κ1) is 12.7. The smallest absolute Gasteiger partial charge is 0.162 e. The van der Waals surface area contributed by atoms with Crippen LogP contribution in [0.3, 0.4) is 0 Å². The molecule has 0 heterocycles. The van der Waals surface area contributed by atoms with Crippen LogP contribution in [0.15, 0.2) is 0 Å². The summed E-state index contributed by atoms with van der Waals surface area (Å²) in [6.07, 6.45) is 0. The molecular weight excluding hydrogens is 525 g/mol. The van der Waals surface area contributed by atoms with E-state index in [0.717, 1.165) is 0 Å². The van der Waals surface area contributed by atoms with Crippen LogP contribution in [-0.2, 0) is 0 Å². The van der Waals surface area contributed by atoms with Gasteiger partial charge in [-0.05, 0) is 74.7 Å². The van der Waals surface area contributed by atoms with Gasteiger partial charge in [-0.1, -0.05) is 0 Å². The number of ketones is 1. The van der Waals surface area contributed by atoms with Crippen molar-refractivity contribution in [2.24, 2.45) is 0 Å². The molecule has 0 aromatic heterocycles. The van der Waals surface area contributed by atoms with E-state index >= 15 is 0 Å². The van der Waals surface area contributed by atoms with Gasteiger partial charge in [-0.25, -0.2) is 0 Å². The summed E-state index contributed by atoms with van der Waals surface area (Å²) >= 11 is 5.63. The number of rotatable bonds is 1. The SMILES string of the molecule is CC(=O)c1c(I)c(O)c(I)c(O)c1I. The van der Waals surface area contributed by atoms with Crippen molar-refractivity contribution < 1.29 is 15.0 Å². The molecule has 0 aliphatic heterocycles. The summed E-state index contributed by atoms with van der Waals surface area (Å²) in [5.41, 5.74) is 0.376. The molecule has 0 saturated heterocycles. The van der Waals surface area contributed by atoms with E-state index in [9.17, 15) is 15.0 Å². The summed E-state index contributed by atoms with van der Waals surface area (Å²) in [6, 6.07) is 0. The van der Waals surface area contributed by atoms with Crippen LogP contribution in [0.25, 0.3) is 0 Å². The quantitative estimate of drug-likeness (QED) is 0.434. The van der Waals surface area contributed by atoms with Gasteiger partial charge in [0.1, 0.15) is 11.5 Å². The molecule has 2 N–H and O–H groups in total. The van der Waals surface area contributed by atoms with E-state index in [1.165, 1.54) is 6.92 Å². The van der Waals surface area contributed by atoms with Crippen molar-refractivity contribution in [1.29, 1.82) is 0 Å². The molecule has 1 aromatic carbocycles. The molecule has 0 saturated carbocycles. The van der Waals surface area contributed by atoms with E-state index in [0.29, 0.717) is 16.3 Å². The van der Waals surface area contributed by atoms with Gasteiger partial charge in [0.25, 0.3) is 0 Å². The summed E-state index contributed by atoms with van der Waals surface area (Å²) < 4.78 is 1.35. The van der Waals surface area contributed by atoms with Gasteiger partial charge < -0.3 is 10.2 Å². The number of halogens is 3. The number of hydrogen-bond donors (Lipinski definition) is 2. The zero-order valence-electron chi connectivity index (χ0n) is 6.94. The lowest BCUT2D eigenvalue weighted by atomic mass is 10.1. The predicted molar refractivity (Wildman–Crippen MR) is 77.9 cm³/mol. The Morgan fingerprint density at radius 3 is 1.64 bits per heavy atom. The molecule has 0 aliphatic rings. The minimum Gasteiger partial charge on any atom is -0.506 e. The molecule has 0 amide bonds. The van der Waals surface area contributed by atoms with E-state index < -0.39 is 0 Å². The van der Waals surface area contributed by atoms with E-state index in [1.807, 2.05) is 67.8 Å². The van der Waals surface area contributed by atoms with Gasteiger partial charge in [-0.15, -0.1) is 0 Å². The maximum absolute atomic E-state index is 11.3. The second kappa shape index (κ2) is 4.68. The molecule has 6 heteroatoms. The van der Waals surface area contributed by atoms with E-state index in [-0.39, 0.29) is 17.3 Å². The molecule has 1 aromatic rings. The van der Waals surface area contributed by atoms with Gasteiger partial charge in [-0.2, -0.15) is 0 Å². The predicted octanol–water partition coefficient (Wildman–Crippen LogP) is 3.11. The number of phenols is 2. The molecule has 76 valence electrons. The third kappa shape index (κ3) is 2.10. The van der Waals surface area contributed by atoms with Gasteiger partial charge in [0.05, 0.1) is 16.3 Å². The summed E-state index contributed by atoms with van der Waals surface area (Å²) in [5, 5.41) is 19.2. The first-order valence-corrected chi connectivity index (χ1v) is 6.70. The Bertz CT molecular complexity index is 386. The molecule has 0 unspecified atom stereocenters. The van der Waals surface area contributed by atoms with Crippen LogP contribution >= 0.6 is 67.8 Å². The molecule has 0 atom stereocenters. The Balaban J connectivity index is 3.68. The van der Waals surface area contributed by atoms with Crippen molar-refractivity contribution >= 4 is 73.6 Å². The van der Waals surface area contributed by atoms with Crippen LogP contribution in [0.2, 0.25) is 0 Å². The Morgan fingerprint density at radius 2 is 1.36 bits per heavy atom. The lowest BCUT2D eigenvalue weighted by Gasteiger charge is -2.10. The van der Waals surface area contributed by atoms with Crippen molar-refractivity contribution in [2.75, 3.05) is 0 Å². The average Bonchev–Trinajstić information content (AvgIpc) is 2.11. The number of phenolic OH excluding ortho intramolecular Hbond substituents is 2. The molecule has 0 fully saturated rings. The molecule has 0 aliphatic carbocycles. The van der Waals surface area contributed by atoms with E-state index in [4.69, 9.17) is 0 Å². The number of carbonyl (C=O) groups is 1. The molecule has 3 nitrogen and oxygen atoms in total. The summed E-state index contributed by atoms with van der Waals surface area (Å²) in [4.78, 5) is 11.3. The fourth-order valence-corrected chi connectivity index (χ4v) is 4.87. The summed E-state index contributed by atoms with van der Waals surface area (Å²) in [7, 11) is 0. The molecule has 0 radical (unpaired) electrons. The first-order chi connectivity index (χ1) is 6.37. The molecule has 0 bridgehead atoms. The number of carbonyl (C=O) groups excluding carboxylic acids is 1. The van der Waals surface area contributed by atoms with Crippen molar-refractivity contribution in [1.82, 2.24) is 0 Å². The Labute approximate surface area is 122 Å². The maximum Gasteiger partial charge on any atom is 0.162 e. The zero-order valence-corrected chi connectivity index (χ0v) is 13.4. The lowest BCUT2D eigenvalue weighted by molar-refractivity contribution is 0.101. The Kier molecular flexibility index (Phi) is 4.26. The fraction of sp³-hybridized carbons (Fsp3) is 0.125. The van der Waals surface area contributed by atoms with Crippen molar-refractivity contribution in [3.05, 3.63) is 16.3 Å². The Morgan fingerprint density at radius 1 is 1.00 bits per heavy atom. The van der Waals surface area contributed by atoms with Crippen LogP contribution in [-0.4, -0.2) is 16.0 Å². The summed E-state index contributed by atoms with van der Waals surface area (Å²) in [6.45, 7) is 1.41. The lowest BCUT2D eigenvalue weighted by Crippen LogP contribution is -2.02. The second-order valence-electron chi connectivity index (χ2n) is 2.57. The fourth-order valence-electron chi connectivity index (χ4n) is 0.947. The largest absolute Gasteiger partial charge is 0.506 e. The highest BCUT2D eigenvalue weighted by atomic mass is 127. The average molecular weight is 530 g/mol. The molecular formula is C8H5I3O3. The van der Waals surface area contributed by atoms with Crippen molar-refractivity contribution in [3.63, 3.8) is 0 Å². The van der Waals surface area contributed by atoms with Crippen molar-refractivity contribution in [3.8, 4) is 11.5 Å². The zero-order chi connectivity index (χ0) is 11.0. The van der Waals surface area contributed by atoms with Gasteiger partial charge in [0, 0.05) is 0 Å². The Hall–Kier alpha value is 0.680. The summed E-state index contributed by atoms with van der Waals surface area (Å²) in [5.74, 6) is -0.232. The third-order valence-electron chi connectivity index (χ3n) is 1.62. The number of hydrogen-bond acceptors (Lipinski definition) is 3. The highest BCUT2D eigenvalue weighted by Gasteiger charge is 2.21. The highest BCUT2D eigenvalue weighted by Crippen LogP contribution is 2.40. The molecule has 14 heavy (non-hydrogen) atoms. The van der Waals surface area contributed by atoms with Crippen LogP contribution in [0.1, 0.15) is 17.3 Å². The maximum atomic E-state index is 11.3. The van der Waals surface area contributed by atoms with Crippen LogP contribution in [0, 0.1) is 10.7 Å². The minimum atomic E-state index is -0.166. The van der Waals surface area contributed by atoms with Crippen molar-refractivity contribution in [2.45, 2.75) is 6.92 Å². The first-order valence-electron chi connectivity index (χ1n) is 3.47. The second-order valence-corrected chi connectivity index (χ2v) is 5.81. The normalized spacial score (nSPS) is 10.3. The van der Waals surface area contributed by atoms with Gasteiger partial charge in [0.2, 0.25) is 0 Å². The van der Waals surface area contributed by atoms with Crippen LogP contribution in [0.5, 0.6) is 11.5 Å². The monoisotopic (exact) mass is 530 g/mol. The number of benzene rings is 1. The number of aromatic hydroxyl groups is 2. The van der Waals surface area contributed by atoms with Crippen LogP contribution in [0.4, 0.5) is 0 Å². The van der Waals surface area contributed by atoms with E-state index in [1.54, 1.807) is 0 Å². The standard InChI is InChI=1S/C8H5I3O3/c1-2(12)3-4(9)7(13)6(11)8(14)5(3)10/h13-14H,1H3. The van der Waals surface area contributed by atoms with Gasteiger partial charge in [-0.3, -0.25) is 4.79 Å².